The number of carbonyl (C=O) groups is 4. The van der Waals surface area contributed by atoms with Crippen LogP contribution in [0.3, 0.4) is 0 Å². The van der Waals surface area contributed by atoms with Gasteiger partial charge < -0.3 is 34.8 Å². The number of imidazole rings is 1. The molecular formula is C16H19F3N6O12. The molecule has 0 aliphatic rings. The lowest BCUT2D eigenvalue weighted by Gasteiger charge is -2.17. The van der Waals surface area contributed by atoms with Gasteiger partial charge in [0, 0.05) is 25.6 Å². The first-order chi connectivity index (χ1) is 17.3. The lowest BCUT2D eigenvalue weighted by Crippen LogP contribution is -2.46. The number of ether oxygens (including phenoxy) is 2. The Kier molecular flexibility index (Phi) is 12.1. The largest absolute Gasteiger partial charge is 0.491 e. The van der Waals surface area contributed by atoms with Gasteiger partial charge in [-0.25, -0.2) is 14.6 Å². The second kappa shape index (κ2) is 14.8. The number of hydrogen-bond acceptors (Lipinski definition) is 13. The minimum absolute atomic E-state index is 0.148. The van der Waals surface area contributed by atoms with Crippen molar-refractivity contribution in [3.8, 4) is 0 Å². The highest BCUT2D eigenvalue weighted by molar-refractivity contribution is 5.93. The average Bonchev–Trinajstić information content (AvgIpc) is 3.29. The Hall–Kier alpha value is -4.56. The molecule has 1 heterocycles. The fourth-order valence-corrected chi connectivity index (χ4v) is 2.32. The summed E-state index contributed by atoms with van der Waals surface area (Å²) in [7, 11) is 0. The van der Waals surface area contributed by atoms with Gasteiger partial charge in [0.05, 0.1) is 18.6 Å². The van der Waals surface area contributed by atoms with E-state index in [1.54, 1.807) is 0 Å². The van der Waals surface area contributed by atoms with Crippen LogP contribution in [-0.2, 0) is 44.7 Å². The molecule has 0 aromatic carbocycles. The zero-order valence-corrected chi connectivity index (χ0v) is 18.4. The minimum Gasteiger partial charge on any atom is -0.385 e. The van der Waals surface area contributed by atoms with Crippen LogP contribution in [0.2, 0.25) is 0 Å². The first-order valence-corrected chi connectivity index (χ1v) is 9.80. The number of alkyl halides is 3. The number of H-pyrrole nitrogens is 1. The molecule has 37 heavy (non-hydrogen) atoms. The number of aromatic amines is 1. The van der Waals surface area contributed by atoms with Crippen molar-refractivity contribution < 1.29 is 61.7 Å². The van der Waals surface area contributed by atoms with Crippen LogP contribution in [0.4, 0.5) is 13.2 Å². The molecule has 3 N–H and O–H groups in total. The van der Waals surface area contributed by atoms with Gasteiger partial charge in [-0.3, -0.25) is 9.59 Å². The average molecular weight is 544 g/mol. The van der Waals surface area contributed by atoms with Crippen molar-refractivity contribution in [2.24, 2.45) is 0 Å². The zero-order chi connectivity index (χ0) is 28.0. The van der Waals surface area contributed by atoms with Crippen molar-refractivity contribution in [1.82, 2.24) is 20.6 Å². The van der Waals surface area contributed by atoms with E-state index >= 15 is 0 Å². The number of carbonyl (C=O) groups excluding carboxylic acids is 4. The second-order valence-electron chi connectivity index (χ2n) is 6.68. The number of esters is 2. The van der Waals surface area contributed by atoms with Crippen LogP contribution >= 0.6 is 0 Å². The summed E-state index contributed by atoms with van der Waals surface area (Å²) in [5, 5.41) is 22.3. The number of nitrogens with zero attached hydrogens (tertiary/aromatic N) is 3. The smallest absolute Gasteiger partial charge is 0.385 e. The van der Waals surface area contributed by atoms with E-state index in [4.69, 9.17) is 4.74 Å². The van der Waals surface area contributed by atoms with Crippen LogP contribution in [0.5, 0.6) is 0 Å². The molecular weight excluding hydrogens is 525 g/mol. The molecule has 0 bridgehead atoms. The molecule has 1 aromatic rings. The van der Waals surface area contributed by atoms with Gasteiger partial charge in [0.2, 0.25) is 11.8 Å². The number of hydrogen-bond donors (Lipinski definition) is 3. The minimum atomic E-state index is -5.45. The van der Waals surface area contributed by atoms with Crippen LogP contribution in [0.1, 0.15) is 12.1 Å². The Balaban J connectivity index is 2.50. The summed E-state index contributed by atoms with van der Waals surface area (Å²) in [5.74, 6) is -6.22. The van der Waals surface area contributed by atoms with E-state index < -0.39 is 84.9 Å². The molecule has 0 unspecified atom stereocenters. The van der Waals surface area contributed by atoms with Crippen LogP contribution in [0, 0.1) is 20.2 Å². The Bertz CT molecular complexity index is 958. The van der Waals surface area contributed by atoms with Crippen molar-refractivity contribution in [3.63, 3.8) is 0 Å². The maximum absolute atomic E-state index is 12.4. The maximum atomic E-state index is 12.4. The van der Waals surface area contributed by atoms with Crippen LogP contribution in [0.15, 0.2) is 12.5 Å². The maximum Gasteiger partial charge on any atom is 0.491 e. The number of halogens is 3. The van der Waals surface area contributed by atoms with Gasteiger partial charge in [0.25, 0.3) is 10.2 Å². The van der Waals surface area contributed by atoms with Gasteiger partial charge in [-0.1, -0.05) is 0 Å². The summed E-state index contributed by atoms with van der Waals surface area (Å²) >= 11 is 0. The Morgan fingerprint density at radius 3 is 2.38 bits per heavy atom. The van der Waals surface area contributed by atoms with E-state index in [0.29, 0.717) is 0 Å². The summed E-state index contributed by atoms with van der Waals surface area (Å²) < 4.78 is 45.7. The molecule has 0 saturated carbocycles. The molecule has 0 saturated heterocycles. The molecule has 2 atom stereocenters. The standard InChI is InChI=1S/C16H19F3N6O12/c17-16(18,19)15(29)36-14(28)11(3-9-4-20-8-22-9)23-12(26)1-2-21-13(27)7-34-5-10(37-25(32)33)6-35-24(30)31/h4,8,10-11H,1-3,5-7H2,(H,20,22)(H,21,27)(H,23,26)/t10-,11-/m0/s1. The molecule has 0 spiro atoms. The predicted molar refractivity (Wildman–Crippen MR) is 105 cm³/mol. The summed E-state index contributed by atoms with van der Waals surface area (Å²) in [6.45, 7) is -2.55. The second-order valence-corrected chi connectivity index (χ2v) is 6.68. The number of rotatable bonds is 16. The highest BCUT2D eigenvalue weighted by Gasteiger charge is 2.43. The van der Waals surface area contributed by atoms with Gasteiger partial charge >= 0.3 is 18.1 Å². The lowest BCUT2D eigenvalue weighted by atomic mass is 10.1. The van der Waals surface area contributed by atoms with E-state index in [1.165, 1.54) is 12.5 Å². The number of amides is 2. The lowest BCUT2D eigenvalue weighted by molar-refractivity contribution is -0.790. The third-order valence-corrected chi connectivity index (χ3v) is 3.82. The molecule has 0 aliphatic carbocycles. The fraction of sp³-hybridized carbons (Fsp3) is 0.562. The summed E-state index contributed by atoms with van der Waals surface area (Å²) in [4.78, 5) is 81.5. The van der Waals surface area contributed by atoms with Gasteiger partial charge in [-0.15, -0.1) is 20.2 Å². The first-order valence-electron chi connectivity index (χ1n) is 9.80. The molecule has 21 heteroatoms. The highest BCUT2D eigenvalue weighted by atomic mass is 19.4. The molecule has 0 aliphatic heterocycles. The van der Waals surface area contributed by atoms with E-state index in [2.05, 4.69) is 35.0 Å². The summed E-state index contributed by atoms with van der Waals surface area (Å²) in [6, 6.07) is -1.72. The summed E-state index contributed by atoms with van der Waals surface area (Å²) in [6.07, 6.45) is -5.39. The van der Waals surface area contributed by atoms with Gasteiger partial charge in [-0.05, 0) is 0 Å². The third-order valence-electron chi connectivity index (χ3n) is 3.82. The zero-order valence-electron chi connectivity index (χ0n) is 18.4. The van der Waals surface area contributed by atoms with E-state index in [0.717, 1.165) is 0 Å². The van der Waals surface area contributed by atoms with Crippen LogP contribution in [0.25, 0.3) is 0 Å². The van der Waals surface area contributed by atoms with Crippen molar-refractivity contribution in [2.75, 3.05) is 26.4 Å². The van der Waals surface area contributed by atoms with E-state index in [-0.39, 0.29) is 12.2 Å². The monoisotopic (exact) mass is 544 g/mol. The van der Waals surface area contributed by atoms with Crippen molar-refractivity contribution in [3.05, 3.63) is 38.4 Å². The molecule has 1 rings (SSSR count). The predicted octanol–water partition coefficient (Wildman–Crippen LogP) is -1.62. The van der Waals surface area contributed by atoms with Crippen LogP contribution in [-0.4, -0.2) is 88.6 Å². The number of aromatic nitrogens is 2. The quantitative estimate of drug-likeness (QED) is 0.0917. The van der Waals surface area contributed by atoms with Crippen molar-refractivity contribution in [2.45, 2.75) is 31.2 Å². The number of nitrogens with one attached hydrogen (secondary N) is 3. The van der Waals surface area contributed by atoms with Gasteiger partial charge in [0.1, 0.15) is 19.3 Å². The Labute approximate surface area is 203 Å². The van der Waals surface area contributed by atoms with Crippen LogP contribution < -0.4 is 10.6 Å². The molecule has 1 aromatic heterocycles. The molecule has 206 valence electrons. The Morgan fingerprint density at radius 1 is 1.11 bits per heavy atom. The molecule has 2 amide bonds. The Morgan fingerprint density at radius 2 is 1.81 bits per heavy atom. The molecule has 0 fully saturated rings. The highest BCUT2D eigenvalue weighted by Crippen LogP contribution is 2.17. The normalized spacial score (nSPS) is 12.5. The van der Waals surface area contributed by atoms with Gasteiger partial charge in [0.15, 0.2) is 6.10 Å². The SMILES string of the molecule is O=C(COC[C@@H](CO[N+](=O)[O-])O[N+](=O)[O-])NCCC(=O)N[C@@H](Cc1c[nH]cn1)C(=O)OC(=O)C(F)(F)F. The van der Waals surface area contributed by atoms with Gasteiger partial charge in [-0.2, -0.15) is 13.2 Å². The summed E-state index contributed by atoms with van der Waals surface area (Å²) in [5.41, 5.74) is 0.148. The molecule has 0 radical (unpaired) electrons. The van der Waals surface area contributed by atoms with Crippen molar-refractivity contribution in [1.29, 1.82) is 0 Å². The third kappa shape index (κ3) is 13.2. The fourth-order valence-electron chi connectivity index (χ4n) is 2.32. The van der Waals surface area contributed by atoms with E-state index in [1.807, 2.05) is 0 Å². The first kappa shape index (κ1) is 30.5. The van der Waals surface area contributed by atoms with Crippen molar-refractivity contribution >= 4 is 23.8 Å². The topological polar surface area (TPSA) is 244 Å². The molecule has 18 nitrogen and oxygen atoms in total. The van der Waals surface area contributed by atoms with E-state index in [9.17, 15) is 52.6 Å².